The predicted octanol–water partition coefficient (Wildman–Crippen LogP) is 1.89. The Morgan fingerprint density at radius 1 is 1.28 bits per heavy atom. The minimum Gasteiger partial charge on any atom is -0.449 e. The molecule has 138 valence electrons. The molecule has 4 rings (SSSR count). The van der Waals surface area contributed by atoms with E-state index in [1.165, 1.54) is 12.8 Å². The van der Waals surface area contributed by atoms with Crippen molar-refractivity contribution in [3.05, 3.63) is 17.8 Å². The van der Waals surface area contributed by atoms with Crippen LogP contribution in [0.3, 0.4) is 0 Å². The second kappa shape index (κ2) is 6.72. The number of carbonyl (C=O) groups excluding carboxylic acids is 1. The van der Waals surface area contributed by atoms with Crippen molar-refractivity contribution >= 4 is 5.91 Å². The quantitative estimate of drug-likeness (QED) is 0.833. The summed E-state index contributed by atoms with van der Waals surface area (Å²) in [6, 6.07) is 0. The van der Waals surface area contributed by atoms with Crippen LogP contribution in [0.5, 0.6) is 0 Å². The largest absolute Gasteiger partial charge is 0.449 e. The Labute approximate surface area is 150 Å². The summed E-state index contributed by atoms with van der Waals surface area (Å²) in [5, 5.41) is 0. The zero-order valence-electron chi connectivity index (χ0n) is 15.5. The molecule has 0 bridgehead atoms. The SMILES string of the molecule is Cc1nc(CN2CCN(C)C3(CCC(=O)N(CC4CC4)CC3)C2)co1. The van der Waals surface area contributed by atoms with E-state index in [-0.39, 0.29) is 5.54 Å². The molecule has 0 radical (unpaired) electrons. The van der Waals surface area contributed by atoms with E-state index in [0.717, 1.165) is 69.6 Å². The monoisotopic (exact) mass is 346 g/mol. The van der Waals surface area contributed by atoms with Gasteiger partial charge in [0, 0.05) is 58.2 Å². The molecule has 1 spiro atoms. The molecule has 3 aliphatic rings. The van der Waals surface area contributed by atoms with E-state index in [9.17, 15) is 4.79 Å². The molecule has 3 heterocycles. The van der Waals surface area contributed by atoms with Gasteiger partial charge in [0.1, 0.15) is 6.26 Å². The number of oxazole rings is 1. The van der Waals surface area contributed by atoms with Gasteiger partial charge in [-0.05, 0) is 38.6 Å². The van der Waals surface area contributed by atoms with Crippen LogP contribution >= 0.6 is 0 Å². The molecule has 1 aromatic rings. The molecule has 3 fully saturated rings. The summed E-state index contributed by atoms with van der Waals surface area (Å²) in [6.45, 7) is 7.74. The molecule has 0 aromatic carbocycles. The average Bonchev–Trinajstić information content (AvgIpc) is 3.34. The Kier molecular flexibility index (Phi) is 4.58. The van der Waals surface area contributed by atoms with Gasteiger partial charge < -0.3 is 9.32 Å². The summed E-state index contributed by atoms with van der Waals surface area (Å²) in [5.41, 5.74) is 1.13. The highest BCUT2D eigenvalue weighted by Crippen LogP contribution is 2.35. The number of likely N-dealkylation sites (tertiary alicyclic amines) is 1. The van der Waals surface area contributed by atoms with E-state index in [1.807, 2.05) is 6.92 Å². The molecule has 1 atom stereocenters. The lowest BCUT2D eigenvalue weighted by Crippen LogP contribution is -2.60. The predicted molar refractivity (Wildman–Crippen MR) is 95.0 cm³/mol. The minimum atomic E-state index is 0.116. The Morgan fingerprint density at radius 2 is 2.12 bits per heavy atom. The van der Waals surface area contributed by atoms with Crippen molar-refractivity contribution in [1.29, 1.82) is 0 Å². The van der Waals surface area contributed by atoms with Crippen molar-refractivity contribution in [1.82, 2.24) is 19.7 Å². The number of rotatable bonds is 4. The third kappa shape index (κ3) is 3.75. The number of hydrogen-bond acceptors (Lipinski definition) is 5. The van der Waals surface area contributed by atoms with Crippen molar-refractivity contribution in [3.8, 4) is 0 Å². The molecule has 1 amide bonds. The van der Waals surface area contributed by atoms with Crippen LogP contribution in [0.1, 0.15) is 43.7 Å². The zero-order chi connectivity index (χ0) is 17.4. The van der Waals surface area contributed by atoms with Crippen LogP contribution in [0.2, 0.25) is 0 Å². The van der Waals surface area contributed by atoms with Gasteiger partial charge in [-0.15, -0.1) is 0 Å². The third-order valence-corrected chi connectivity index (χ3v) is 6.31. The Morgan fingerprint density at radius 3 is 2.84 bits per heavy atom. The number of piperazine rings is 1. The molecule has 6 heteroatoms. The standard InChI is InChI=1S/C19H30N4O2/c1-15-20-17(13-25-15)12-22-10-9-21(2)19(14-22)6-5-18(24)23(8-7-19)11-16-3-4-16/h13,16H,3-12,14H2,1-2H3. The number of amides is 1. The number of likely N-dealkylation sites (N-methyl/N-ethyl adjacent to an activating group) is 1. The summed E-state index contributed by atoms with van der Waals surface area (Å²) >= 11 is 0. The third-order valence-electron chi connectivity index (χ3n) is 6.31. The van der Waals surface area contributed by atoms with Crippen LogP contribution < -0.4 is 0 Å². The molecular weight excluding hydrogens is 316 g/mol. The van der Waals surface area contributed by atoms with Crippen LogP contribution in [0.15, 0.2) is 10.7 Å². The van der Waals surface area contributed by atoms with Crippen LogP contribution in [0.25, 0.3) is 0 Å². The number of nitrogens with zero attached hydrogens (tertiary/aromatic N) is 4. The molecule has 1 unspecified atom stereocenters. The molecule has 6 nitrogen and oxygen atoms in total. The topological polar surface area (TPSA) is 52.8 Å². The van der Waals surface area contributed by atoms with Gasteiger partial charge in [-0.2, -0.15) is 0 Å². The second-order valence-electron chi connectivity index (χ2n) is 8.25. The van der Waals surface area contributed by atoms with E-state index in [4.69, 9.17) is 4.42 Å². The van der Waals surface area contributed by atoms with Crippen molar-refractivity contribution < 1.29 is 9.21 Å². The number of aromatic nitrogens is 1. The highest BCUT2D eigenvalue weighted by Gasteiger charge is 2.42. The van der Waals surface area contributed by atoms with Crippen LogP contribution in [0.4, 0.5) is 0 Å². The summed E-state index contributed by atoms with van der Waals surface area (Å²) < 4.78 is 5.36. The van der Waals surface area contributed by atoms with Crippen LogP contribution in [-0.4, -0.2) is 70.9 Å². The molecule has 2 aliphatic heterocycles. The summed E-state index contributed by atoms with van der Waals surface area (Å²) in [7, 11) is 2.23. The molecule has 0 N–H and O–H groups in total. The van der Waals surface area contributed by atoms with Crippen molar-refractivity contribution in [2.75, 3.05) is 39.8 Å². The Balaban J connectivity index is 1.43. The van der Waals surface area contributed by atoms with Gasteiger partial charge in [-0.3, -0.25) is 14.6 Å². The molecule has 1 aromatic heterocycles. The van der Waals surface area contributed by atoms with Crippen LogP contribution in [-0.2, 0) is 11.3 Å². The van der Waals surface area contributed by atoms with Gasteiger partial charge in [0.25, 0.3) is 0 Å². The molecule has 1 aliphatic carbocycles. The lowest BCUT2D eigenvalue weighted by atomic mass is 9.86. The molecular formula is C19H30N4O2. The van der Waals surface area contributed by atoms with E-state index in [0.29, 0.717) is 12.3 Å². The van der Waals surface area contributed by atoms with Gasteiger partial charge >= 0.3 is 0 Å². The zero-order valence-corrected chi connectivity index (χ0v) is 15.5. The minimum absolute atomic E-state index is 0.116. The van der Waals surface area contributed by atoms with Gasteiger partial charge in [0.15, 0.2) is 5.89 Å². The van der Waals surface area contributed by atoms with Gasteiger partial charge in [0.05, 0.1) is 5.69 Å². The van der Waals surface area contributed by atoms with Crippen molar-refractivity contribution in [2.24, 2.45) is 5.92 Å². The number of aryl methyl sites for hydroxylation is 1. The van der Waals surface area contributed by atoms with E-state index < -0.39 is 0 Å². The fraction of sp³-hybridized carbons (Fsp3) is 0.789. The van der Waals surface area contributed by atoms with E-state index in [1.54, 1.807) is 6.26 Å². The Hall–Kier alpha value is -1.40. The van der Waals surface area contributed by atoms with E-state index >= 15 is 0 Å². The number of carbonyl (C=O) groups is 1. The fourth-order valence-electron chi connectivity index (χ4n) is 4.43. The van der Waals surface area contributed by atoms with E-state index in [2.05, 4.69) is 26.7 Å². The molecule has 2 saturated heterocycles. The maximum absolute atomic E-state index is 12.6. The first-order valence-electron chi connectivity index (χ1n) is 9.66. The van der Waals surface area contributed by atoms with Crippen molar-refractivity contribution in [3.63, 3.8) is 0 Å². The molecule has 25 heavy (non-hydrogen) atoms. The molecule has 1 saturated carbocycles. The van der Waals surface area contributed by atoms with Gasteiger partial charge in [-0.1, -0.05) is 0 Å². The summed E-state index contributed by atoms with van der Waals surface area (Å²) in [4.78, 5) is 24.1. The summed E-state index contributed by atoms with van der Waals surface area (Å²) in [6.07, 6.45) is 7.12. The second-order valence-corrected chi connectivity index (χ2v) is 8.25. The smallest absolute Gasteiger partial charge is 0.222 e. The normalized spacial score (nSPS) is 29.4. The lowest BCUT2D eigenvalue weighted by molar-refractivity contribution is -0.131. The maximum Gasteiger partial charge on any atom is 0.222 e. The first-order valence-corrected chi connectivity index (χ1v) is 9.66. The lowest BCUT2D eigenvalue weighted by Gasteiger charge is -2.49. The maximum atomic E-state index is 12.6. The number of hydrogen-bond donors (Lipinski definition) is 0. The highest BCUT2D eigenvalue weighted by molar-refractivity contribution is 5.76. The highest BCUT2D eigenvalue weighted by atomic mass is 16.3. The first-order chi connectivity index (χ1) is 12.0. The van der Waals surface area contributed by atoms with Gasteiger partial charge in [-0.25, -0.2) is 4.98 Å². The fourth-order valence-corrected chi connectivity index (χ4v) is 4.43. The summed E-state index contributed by atoms with van der Waals surface area (Å²) in [5.74, 6) is 1.87. The first kappa shape index (κ1) is 17.0. The average molecular weight is 346 g/mol. The van der Waals surface area contributed by atoms with Crippen LogP contribution in [0, 0.1) is 12.8 Å². The van der Waals surface area contributed by atoms with Crippen molar-refractivity contribution in [2.45, 2.75) is 51.1 Å². The Bertz CT molecular complexity index is 627. The van der Waals surface area contributed by atoms with Gasteiger partial charge in [0.2, 0.25) is 5.91 Å².